The summed E-state index contributed by atoms with van der Waals surface area (Å²) in [6.07, 6.45) is 3.65. The number of hydrogen-bond donors (Lipinski definition) is 1. The van der Waals surface area contributed by atoms with E-state index < -0.39 is 0 Å². The second-order valence-electron chi connectivity index (χ2n) is 4.43. The van der Waals surface area contributed by atoms with Crippen LogP contribution in [0.4, 0.5) is 0 Å². The molecule has 1 N–H and O–H groups in total. The first kappa shape index (κ1) is 13.7. The molecule has 0 radical (unpaired) electrons. The van der Waals surface area contributed by atoms with Gasteiger partial charge in [0.1, 0.15) is 0 Å². The van der Waals surface area contributed by atoms with Crippen molar-refractivity contribution in [1.29, 1.82) is 0 Å². The van der Waals surface area contributed by atoms with Crippen LogP contribution in [0, 0.1) is 0 Å². The van der Waals surface area contributed by atoms with E-state index in [1.54, 1.807) is 7.11 Å². The van der Waals surface area contributed by atoms with Gasteiger partial charge in [-0.25, -0.2) is 0 Å². The zero-order valence-corrected chi connectivity index (χ0v) is 12.5. The first-order valence-electron chi connectivity index (χ1n) is 6.50. The first-order valence-corrected chi connectivity index (χ1v) is 7.29. The largest absolute Gasteiger partial charge is 0.493 e. The fourth-order valence-electron chi connectivity index (χ4n) is 2.43. The molecule has 1 unspecified atom stereocenters. The number of ether oxygens (including phenoxy) is 2. The van der Waals surface area contributed by atoms with Crippen molar-refractivity contribution in [2.24, 2.45) is 0 Å². The summed E-state index contributed by atoms with van der Waals surface area (Å²) in [5.74, 6) is 1.68. The molecule has 0 amide bonds. The maximum atomic E-state index is 5.80. The summed E-state index contributed by atoms with van der Waals surface area (Å²) in [4.78, 5) is 0. The Kier molecular flexibility index (Phi) is 4.89. The molecule has 18 heavy (non-hydrogen) atoms. The van der Waals surface area contributed by atoms with Crippen LogP contribution in [-0.4, -0.2) is 20.3 Å². The zero-order valence-electron chi connectivity index (χ0n) is 11.0. The summed E-state index contributed by atoms with van der Waals surface area (Å²) in [6.45, 7) is 3.71. The lowest BCUT2D eigenvalue weighted by molar-refractivity contribution is 0.298. The molecule has 0 aromatic heterocycles. The van der Waals surface area contributed by atoms with Crippen molar-refractivity contribution < 1.29 is 9.47 Å². The fourth-order valence-corrected chi connectivity index (χ4v) is 3.02. The predicted octanol–water partition coefficient (Wildman–Crippen LogP) is 3.67. The van der Waals surface area contributed by atoms with Crippen molar-refractivity contribution in [3.8, 4) is 11.5 Å². The minimum Gasteiger partial charge on any atom is -0.493 e. The van der Waals surface area contributed by atoms with Gasteiger partial charge in [0.2, 0.25) is 0 Å². The molecule has 1 aliphatic heterocycles. The Hall–Kier alpha value is -0.740. The van der Waals surface area contributed by atoms with Crippen LogP contribution in [-0.2, 0) is 0 Å². The van der Waals surface area contributed by atoms with E-state index in [-0.39, 0.29) is 0 Å². The molecule has 1 atom stereocenters. The number of nitrogens with one attached hydrogen (secondary N) is 1. The molecule has 0 saturated carbocycles. The Morgan fingerprint density at radius 1 is 1.39 bits per heavy atom. The van der Waals surface area contributed by atoms with Crippen LogP contribution in [0.1, 0.15) is 37.8 Å². The topological polar surface area (TPSA) is 30.5 Å². The van der Waals surface area contributed by atoms with Crippen LogP contribution >= 0.6 is 15.9 Å². The molecule has 1 aliphatic rings. The number of piperidine rings is 1. The van der Waals surface area contributed by atoms with E-state index in [1.807, 2.05) is 19.1 Å². The molecule has 1 aromatic carbocycles. The molecule has 4 heteroatoms. The van der Waals surface area contributed by atoms with E-state index in [4.69, 9.17) is 9.47 Å². The van der Waals surface area contributed by atoms with E-state index in [1.165, 1.54) is 18.4 Å². The van der Waals surface area contributed by atoms with E-state index >= 15 is 0 Å². The van der Waals surface area contributed by atoms with E-state index in [9.17, 15) is 0 Å². The van der Waals surface area contributed by atoms with Gasteiger partial charge in [-0.1, -0.05) is 22.4 Å². The number of benzene rings is 1. The molecule has 100 valence electrons. The first-order chi connectivity index (χ1) is 8.77. The van der Waals surface area contributed by atoms with E-state index in [0.29, 0.717) is 12.6 Å². The molecule has 1 heterocycles. The van der Waals surface area contributed by atoms with Gasteiger partial charge in [0.25, 0.3) is 0 Å². The Balaban J connectivity index is 2.41. The summed E-state index contributed by atoms with van der Waals surface area (Å²) in [5, 5.41) is 3.56. The average Bonchev–Trinajstić information content (AvgIpc) is 2.40. The molecule has 3 nitrogen and oxygen atoms in total. The van der Waals surface area contributed by atoms with Crippen molar-refractivity contribution >= 4 is 15.9 Å². The predicted molar refractivity (Wildman–Crippen MR) is 76.5 cm³/mol. The van der Waals surface area contributed by atoms with E-state index in [0.717, 1.165) is 28.9 Å². The third kappa shape index (κ3) is 2.81. The van der Waals surface area contributed by atoms with Gasteiger partial charge in [0.15, 0.2) is 11.5 Å². The molecule has 1 aromatic rings. The SMILES string of the molecule is CCOc1c(OC)ccc(Br)c1C1CCCCN1. The standard InChI is InChI=1S/C14H20BrNO2/c1-3-18-14-12(17-2)8-7-10(15)13(14)11-6-4-5-9-16-11/h7-8,11,16H,3-6,9H2,1-2H3. The molecule has 2 rings (SSSR count). The van der Waals surface area contributed by atoms with Crippen LogP contribution in [0.2, 0.25) is 0 Å². The van der Waals surface area contributed by atoms with Crippen LogP contribution in [0.25, 0.3) is 0 Å². The smallest absolute Gasteiger partial charge is 0.167 e. The van der Waals surface area contributed by atoms with Gasteiger partial charge in [-0.3, -0.25) is 0 Å². The maximum absolute atomic E-state index is 5.80. The minimum absolute atomic E-state index is 0.352. The zero-order chi connectivity index (χ0) is 13.0. The molecule has 1 saturated heterocycles. The van der Waals surface area contributed by atoms with Crippen molar-refractivity contribution in [2.75, 3.05) is 20.3 Å². The normalized spacial score (nSPS) is 19.6. The van der Waals surface area contributed by atoms with Crippen LogP contribution in [0.15, 0.2) is 16.6 Å². The summed E-state index contributed by atoms with van der Waals surface area (Å²) in [5.41, 5.74) is 1.19. The van der Waals surface area contributed by atoms with Crippen LogP contribution in [0.3, 0.4) is 0 Å². The quantitative estimate of drug-likeness (QED) is 0.920. The second kappa shape index (κ2) is 6.43. The van der Waals surface area contributed by atoms with Gasteiger partial charge in [-0.15, -0.1) is 0 Å². The van der Waals surface area contributed by atoms with Crippen LogP contribution in [0.5, 0.6) is 11.5 Å². The number of methoxy groups -OCH3 is 1. The monoisotopic (exact) mass is 313 g/mol. The van der Waals surface area contributed by atoms with Crippen molar-refractivity contribution in [1.82, 2.24) is 5.32 Å². The second-order valence-corrected chi connectivity index (χ2v) is 5.28. The number of rotatable bonds is 4. The van der Waals surface area contributed by atoms with Crippen LogP contribution < -0.4 is 14.8 Å². The highest BCUT2D eigenvalue weighted by molar-refractivity contribution is 9.10. The maximum Gasteiger partial charge on any atom is 0.167 e. The lowest BCUT2D eigenvalue weighted by Gasteiger charge is -2.27. The van der Waals surface area contributed by atoms with Gasteiger partial charge in [-0.2, -0.15) is 0 Å². The molecular weight excluding hydrogens is 294 g/mol. The third-order valence-electron chi connectivity index (χ3n) is 3.27. The summed E-state index contributed by atoms with van der Waals surface area (Å²) < 4.78 is 12.3. The molecule has 0 bridgehead atoms. The summed E-state index contributed by atoms with van der Waals surface area (Å²) >= 11 is 3.64. The summed E-state index contributed by atoms with van der Waals surface area (Å²) in [6, 6.07) is 4.33. The average molecular weight is 314 g/mol. The Morgan fingerprint density at radius 3 is 2.83 bits per heavy atom. The highest BCUT2D eigenvalue weighted by Gasteiger charge is 2.23. The van der Waals surface area contributed by atoms with E-state index in [2.05, 4.69) is 21.2 Å². The highest BCUT2D eigenvalue weighted by atomic mass is 79.9. The van der Waals surface area contributed by atoms with Gasteiger partial charge in [-0.05, 0) is 38.4 Å². The lowest BCUT2D eigenvalue weighted by atomic mass is 9.96. The van der Waals surface area contributed by atoms with Gasteiger partial charge >= 0.3 is 0 Å². The van der Waals surface area contributed by atoms with Crippen molar-refractivity contribution in [2.45, 2.75) is 32.2 Å². The third-order valence-corrected chi connectivity index (χ3v) is 3.97. The molecular formula is C14H20BrNO2. The molecule has 1 fully saturated rings. The highest BCUT2D eigenvalue weighted by Crippen LogP contribution is 2.42. The Labute approximate surface area is 117 Å². The number of halogens is 1. The fraction of sp³-hybridized carbons (Fsp3) is 0.571. The van der Waals surface area contributed by atoms with Gasteiger partial charge < -0.3 is 14.8 Å². The minimum atomic E-state index is 0.352. The van der Waals surface area contributed by atoms with Gasteiger partial charge in [0, 0.05) is 16.1 Å². The lowest BCUT2D eigenvalue weighted by Crippen LogP contribution is -2.27. The number of hydrogen-bond acceptors (Lipinski definition) is 3. The van der Waals surface area contributed by atoms with Gasteiger partial charge in [0.05, 0.1) is 13.7 Å². The summed E-state index contributed by atoms with van der Waals surface area (Å²) in [7, 11) is 1.68. The molecule has 0 aliphatic carbocycles. The Bertz CT molecular complexity index is 403. The Morgan fingerprint density at radius 2 is 2.22 bits per heavy atom. The van der Waals surface area contributed by atoms with Crippen molar-refractivity contribution in [3.63, 3.8) is 0 Å². The molecule has 0 spiro atoms. The van der Waals surface area contributed by atoms with Crippen molar-refractivity contribution in [3.05, 3.63) is 22.2 Å².